The molecule has 2 unspecified atom stereocenters. The standard InChI is InChI=1S/C75H132NO8P/c1-6-8-10-12-14-16-18-20-22-24-26-28-29-30-31-32-33-34-35-36-37-38-39-40-41-42-43-44-45-46-47-48-50-52-54-56-58-60-62-64-66-68-75(78)84-73(72-83-85(79,80)82-70-69-76(3,4)5)71-81-74(77)67-65-63-61-59-57-55-53-51-49-27-25-23-21-19-17-15-13-11-9-7-2/h8,10,14,16,20,22,26,28,30-31,33-34,36-37,39-40,42-43,73H,6-7,9,11-13,15,17-19,21,23-25,27,29,32,35,38,41,44-72H2,1-5H3/b10-8-,16-14-,22-20-,28-26-,31-30-,34-33-,37-36-,40-39-,43-42-. The molecule has 0 radical (unpaired) electrons. The number of nitrogens with zero attached hydrogens (tertiary/aromatic N) is 1. The van der Waals surface area contributed by atoms with E-state index in [2.05, 4.69) is 123 Å². The molecule has 9 nitrogen and oxygen atoms in total. The lowest BCUT2D eigenvalue weighted by Gasteiger charge is -2.28. The molecule has 0 saturated carbocycles. The van der Waals surface area contributed by atoms with Crippen LogP contribution in [-0.2, 0) is 32.7 Å². The number of carbonyl (C=O) groups is 2. The number of esters is 2. The zero-order chi connectivity index (χ0) is 61.9. The van der Waals surface area contributed by atoms with Crippen molar-refractivity contribution < 1.29 is 42.1 Å². The molecule has 2 atom stereocenters. The maximum atomic E-state index is 12.9. The zero-order valence-electron chi connectivity index (χ0n) is 55.8. The minimum atomic E-state index is -4.64. The number of rotatable bonds is 64. The lowest BCUT2D eigenvalue weighted by atomic mass is 10.0. The molecule has 0 N–H and O–H groups in total. The fourth-order valence-electron chi connectivity index (χ4n) is 9.71. The van der Waals surface area contributed by atoms with Gasteiger partial charge in [-0.1, -0.05) is 316 Å². The molecule has 0 aliphatic carbocycles. The Morgan fingerprint density at radius 2 is 0.671 bits per heavy atom. The number of likely N-dealkylation sites (N-methyl/N-ethyl adjacent to an activating group) is 1. The first-order valence-corrected chi connectivity index (χ1v) is 36.6. The monoisotopic (exact) mass is 1210 g/mol. The maximum absolute atomic E-state index is 12.9. The zero-order valence-corrected chi connectivity index (χ0v) is 56.7. The van der Waals surface area contributed by atoms with Crippen molar-refractivity contribution in [2.45, 2.75) is 309 Å². The predicted octanol–water partition coefficient (Wildman–Crippen LogP) is 22.2. The smallest absolute Gasteiger partial charge is 0.306 e. The van der Waals surface area contributed by atoms with Crippen LogP contribution in [0.4, 0.5) is 0 Å². The quantitative estimate of drug-likeness (QED) is 0.0195. The van der Waals surface area contributed by atoms with Crippen LogP contribution in [0, 0.1) is 0 Å². The van der Waals surface area contributed by atoms with E-state index in [1.165, 1.54) is 173 Å². The highest BCUT2D eigenvalue weighted by atomic mass is 31.2. The highest BCUT2D eigenvalue weighted by Crippen LogP contribution is 2.38. The van der Waals surface area contributed by atoms with Crippen molar-refractivity contribution in [1.82, 2.24) is 0 Å². The highest BCUT2D eigenvalue weighted by molar-refractivity contribution is 7.45. The molecule has 10 heteroatoms. The van der Waals surface area contributed by atoms with E-state index >= 15 is 0 Å². The van der Waals surface area contributed by atoms with Crippen molar-refractivity contribution >= 4 is 19.8 Å². The van der Waals surface area contributed by atoms with E-state index in [4.69, 9.17) is 18.5 Å². The Bertz CT molecular complexity index is 1800. The van der Waals surface area contributed by atoms with Crippen molar-refractivity contribution in [2.24, 2.45) is 0 Å². The number of hydrogen-bond acceptors (Lipinski definition) is 8. The molecule has 0 spiro atoms. The molecule has 0 rings (SSSR count). The molecule has 0 bridgehead atoms. The Labute approximate surface area is 525 Å². The highest BCUT2D eigenvalue weighted by Gasteiger charge is 2.22. The van der Waals surface area contributed by atoms with Gasteiger partial charge in [0.25, 0.3) is 7.82 Å². The number of phosphoric ester groups is 1. The summed E-state index contributed by atoms with van der Waals surface area (Å²) in [6.07, 6.45) is 91.7. The lowest BCUT2D eigenvalue weighted by molar-refractivity contribution is -0.870. The molecule has 0 aromatic heterocycles. The van der Waals surface area contributed by atoms with Gasteiger partial charge in [-0.25, -0.2) is 0 Å². The van der Waals surface area contributed by atoms with Crippen LogP contribution in [0.25, 0.3) is 0 Å². The molecule has 0 amide bonds. The molecule has 490 valence electrons. The summed E-state index contributed by atoms with van der Waals surface area (Å²) in [6.45, 7) is 4.16. The molecule has 0 aromatic rings. The van der Waals surface area contributed by atoms with Crippen LogP contribution in [0.1, 0.15) is 303 Å². The number of allylic oxidation sites excluding steroid dienone is 18. The van der Waals surface area contributed by atoms with Crippen LogP contribution >= 0.6 is 7.82 Å². The van der Waals surface area contributed by atoms with Crippen molar-refractivity contribution in [3.8, 4) is 0 Å². The summed E-state index contributed by atoms with van der Waals surface area (Å²) < 4.78 is 34.3. The number of phosphoric acid groups is 1. The molecule has 0 aliphatic heterocycles. The SMILES string of the molecule is CC/C=C\C/C=C\C/C=C\C/C=C\C/C=C\C/C=C\C/C=C\C/C=C\C/C=C\CCCCCCCCCCCCCCCC(=O)OC(COC(=O)CCCCCCCCCCCCCCCCCCCCCC)COP(=O)([O-])OCC[N+](C)(C)C. The van der Waals surface area contributed by atoms with Gasteiger partial charge in [0, 0.05) is 12.8 Å². The summed E-state index contributed by atoms with van der Waals surface area (Å²) in [4.78, 5) is 38.0. The Morgan fingerprint density at radius 3 is 1.00 bits per heavy atom. The third kappa shape index (κ3) is 69.6. The van der Waals surface area contributed by atoms with Crippen molar-refractivity contribution in [2.75, 3.05) is 47.5 Å². The van der Waals surface area contributed by atoms with Gasteiger partial charge in [0.15, 0.2) is 6.10 Å². The third-order valence-electron chi connectivity index (χ3n) is 15.1. The molecule has 0 aliphatic rings. The summed E-state index contributed by atoms with van der Waals surface area (Å²) in [5.41, 5.74) is 0. The van der Waals surface area contributed by atoms with Gasteiger partial charge in [-0.15, -0.1) is 0 Å². The molecule has 0 saturated heterocycles. The van der Waals surface area contributed by atoms with E-state index in [1.54, 1.807) is 0 Å². The average molecular weight is 1210 g/mol. The fraction of sp³-hybridized carbons (Fsp3) is 0.733. The second kappa shape index (κ2) is 65.1. The van der Waals surface area contributed by atoms with E-state index < -0.39 is 26.5 Å². The minimum absolute atomic E-state index is 0.0326. The Kier molecular flexibility index (Phi) is 62.6. The molecular formula is C75H132NO8P. The minimum Gasteiger partial charge on any atom is -0.756 e. The Morgan fingerprint density at radius 1 is 0.376 bits per heavy atom. The van der Waals surface area contributed by atoms with E-state index in [1.807, 2.05) is 21.1 Å². The van der Waals surface area contributed by atoms with Gasteiger partial charge in [-0.2, -0.15) is 0 Å². The summed E-state index contributed by atoms with van der Waals surface area (Å²) in [7, 11) is 1.17. The first-order valence-electron chi connectivity index (χ1n) is 35.1. The largest absolute Gasteiger partial charge is 0.756 e. The summed E-state index contributed by atoms with van der Waals surface area (Å²) in [5, 5.41) is 0. The first kappa shape index (κ1) is 81.7. The first-order chi connectivity index (χ1) is 41.5. The number of carbonyl (C=O) groups excluding carboxylic acids is 2. The van der Waals surface area contributed by atoms with Gasteiger partial charge in [0.05, 0.1) is 27.7 Å². The summed E-state index contributed by atoms with van der Waals surface area (Å²) in [5.74, 6) is -0.825. The topological polar surface area (TPSA) is 111 Å². The van der Waals surface area contributed by atoms with E-state index in [9.17, 15) is 19.0 Å². The molecule has 0 aromatic carbocycles. The summed E-state index contributed by atoms with van der Waals surface area (Å²) >= 11 is 0. The van der Waals surface area contributed by atoms with Gasteiger partial charge in [0.1, 0.15) is 19.8 Å². The number of ether oxygens (including phenoxy) is 2. The molecular weight excluding hydrogens is 1070 g/mol. The van der Waals surface area contributed by atoms with E-state index in [0.29, 0.717) is 17.4 Å². The average Bonchev–Trinajstić information content (AvgIpc) is 3.51. The summed E-state index contributed by atoms with van der Waals surface area (Å²) in [6, 6.07) is 0. The fourth-order valence-corrected chi connectivity index (χ4v) is 10.4. The van der Waals surface area contributed by atoms with Gasteiger partial charge < -0.3 is 27.9 Å². The molecule has 0 fully saturated rings. The van der Waals surface area contributed by atoms with E-state index in [0.717, 1.165) is 96.3 Å². The predicted molar refractivity (Wildman–Crippen MR) is 365 cm³/mol. The third-order valence-corrected chi connectivity index (χ3v) is 16.0. The lowest BCUT2D eigenvalue weighted by Crippen LogP contribution is -2.37. The maximum Gasteiger partial charge on any atom is 0.306 e. The van der Waals surface area contributed by atoms with Crippen LogP contribution < -0.4 is 4.89 Å². The van der Waals surface area contributed by atoms with Gasteiger partial charge in [-0.05, 0) is 83.5 Å². The van der Waals surface area contributed by atoms with Crippen molar-refractivity contribution in [1.29, 1.82) is 0 Å². The van der Waals surface area contributed by atoms with Crippen molar-refractivity contribution in [3.63, 3.8) is 0 Å². The van der Waals surface area contributed by atoms with Gasteiger partial charge in [-0.3, -0.25) is 14.2 Å². The molecule has 0 heterocycles. The van der Waals surface area contributed by atoms with Crippen LogP contribution in [0.15, 0.2) is 109 Å². The van der Waals surface area contributed by atoms with Gasteiger partial charge in [0.2, 0.25) is 0 Å². The van der Waals surface area contributed by atoms with Gasteiger partial charge >= 0.3 is 11.9 Å². The van der Waals surface area contributed by atoms with Crippen LogP contribution in [0.2, 0.25) is 0 Å². The number of quaternary nitrogens is 1. The van der Waals surface area contributed by atoms with Crippen LogP contribution in [0.3, 0.4) is 0 Å². The number of unbranched alkanes of at least 4 members (excludes halogenated alkanes) is 32. The van der Waals surface area contributed by atoms with Crippen LogP contribution in [0.5, 0.6) is 0 Å². The normalized spacial score (nSPS) is 13.8. The van der Waals surface area contributed by atoms with Crippen LogP contribution in [-0.4, -0.2) is 70.0 Å². The Balaban J connectivity index is 4.03. The molecule has 85 heavy (non-hydrogen) atoms. The number of hydrogen-bond donors (Lipinski definition) is 0. The second-order valence-corrected chi connectivity index (χ2v) is 25.9. The van der Waals surface area contributed by atoms with E-state index in [-0.39, 0.29) is 32.0 Å². The Hall–Kier alpha value is -3.33. The van der Waals surface area contributed by atoms with Crippen molar-refractivity contribution in [3.05, 3.63) is 109 Å². The second-order valence-electron chi connectivity index (χ2n) is 24.5.